The second-order valence-electron chi connectivity index (χ2n) is 7.79. The minimum Gasteiger partial charge on any atom is -0.465 e. The maximum atomic E-state index is 12.9. The Morgan fingerprint density at radius 3 is 2.55 bits per heavy atom. The second-order valence-corrected chi connectivity index (χ2v) is 7.79. The number of hydrogen-bond acceptors (Lipinski definition) is 3. The first-order valence-corrected chi connectivity index (χ1v) is 10.3. The van der Waals surface area contributed by atoms with E-state index in [-0.39, 0.29) is 5.91 Å². The summed E-state index contributed by atoms with van der Waals surface area (Å²) in [4.78, 5) is 20.9. The van der Waals surface area contributed by atoms with Crippen LogP contribution in [-0.4, -0.2) is 48.1 Å². The molecule has 2 heterocycles. The zero-order valence-electron chi connectivity index (χ0n) is 17.1. The number of benzene rings is 2. The van der Waals surface area contributed by atoms with E-state index in [9.17, 15) is 4.79 Å². The predicted octanol–water partition coefficient (Wildman–Crippen LogP) is 2.24. The van der Waals surface area contributed by atoms with Gasteiger partial charge in [0.1, 0.15) is 6.54 Å². The fourth-order valence-corrected chi connectivity index (χ4v) is 3.97. The van der Waals surface area contributed by atoms with Gasteiger partial charge < -0.3 is 14.5 Å². The Balaban J connectivity index is 1.34. The molecule has 4 rings (SSSR count). The number of ether oxygens (including phenoxy) is 1. The van der Waals surface area contributed by atoms with E-state index in [2.05, 4.69) is 29.2 Å². The Kier molecular flexibility index (Phi) is 5.76. The zero-order chi connectivity index (χ0) is 20.2. The van der Waals surface area contributed by atoms with Gasteiger partial charge in [0.25, 0.3) is 5.91 Å². The molecule has 1 saturated heterocycles. The van der Waals surface area contributed by atoms with Gasteiger partial charge in [-0.05, 0) is 25.5 Å². The summed E-state index contributed by atoms with van der Waals surface area (Å²) in [6, 6.07) is 20.4. The SMILES string of the molecule is Cc1cc(O[C@H](C)C(=O)N2CC[NH+](Cc3ccccc3)CC2)nc2ccccc12. The lowest BCUT2D eigenvalue weighted by molar-refractivity contribution is -0.917. The number of carbonyl (C=O) groups is 1. The number of fused-ring (bicyclic) bond motifs is 1. The third kappa shape index (κ3) is 4.57. The van der Waals surface area contributed by atoms with Gasteiger partial charge in [0, 0.05) is 17.0 Å². The molecule has 0 spiro atoms. The van der Waals surface area contributed by atoms with E-state index in [4.69, 9.17) is 4.74 Å². The van der Waals surface area contributed by atoms with Gasteiger partial charge in [0.15, 0.2) is 6.10 Å². The third-order valence-corrected chi connectivity index (χ3v) is 5.62. The van der Waals surface area contributed by atoms with Crippen LogP contribution in [0.4, 0.5) is 0 Å². The monoisotopic (exact) mass is 390 g/mol. The van der Waals surface area contributed by atoms with Crippen LogP contribution >= 0.6 is 0 Å². The predicted molar refractivity (Wildman–Crippen MR) is 114 cm³/mol. The van der Waals surface area contributed by atoms with Crippen LogP contribution in [-0.2, 0) is 11.3 Å². The van der Waals surface area contributed by atoms with Gasteiger partial charge in [-0.3, -0.25) is 4.79 Å². The van der Waals surface area contributed by atoms with Crippen molar-refractivity contribution >= 4 is 16.8 Å². The molecule has 1 atom stereocenters. The van der Waals surface area contributed by atoms with Crippen molar-refractivity contribution in [1.29, 1.82) is 0 Å². The molecule has 5 nitrogen and oxygen atoms in total. The molecule has 1 aliphatic heterocycles. The lowest BCUT2D eigenvalue weighted by Gasteiger charge is -2.33. The molecular weight excluding hydrogens is 362 g/mol. The highest BCUT2D eigenvalue weighted by Gasteiger charge is 2.28. The highest BCUT2D eigenvalue weighted by Crippen LogP contribution is 2.22. The molecule has 1 aliphatic rings. The standard InChI is InChI=1S/C24H27N3O2/c1-18-16-23(25-22-11-7-6-10-21(18)22)29-19(2)24(28)27-14-12-26(13-15-27)17-20-8-4-3-5-9-20/h3-11,16,19H,12-15,17H2,1-2H3/p+1/t19-/m1/s1. The van der Waals surface area contributed by atoms with E-state index in [0.29, 0.717) is 5.88 Å². The largest absolute Gasteiger partial charge is 0.465 e. The number of aryl methyl sites for hydroxylation is 1. The maximum absolute atomic E-state index is 12.9. The molecular formula is C24H28N3O2+. The molecule has 1 aromatic heterocycles. The third-order valence-electron chi connectivity index (χ3n) is 5.62. The molecule has 0 saturated carbocycles. The van der Waals surface area contributed by atoms with Crippen LogP contribution in [0, 0.1) is 6.92 Å². The number of aromatic nitrogens is 1. The van der Waals surface area contributed by atoms with E-state index < -0.39 is 6.10 Å². The number of amides is 1. The number of rotatable bonds is 5. The van der Waals surface area contributed by atoms with Crippen molar-refractivity contribution in [2.24, 2.45) is 0 Å². The van der Waals surface area contributed by atoms with Crippen LogP contribution in [0.25, 0.3) is 10.9 Å². The summed E-state index contributed by atoms with van der Waals surface area (Å²) in [6.45, 7) is 8.31. The molecule has 0 bridgehead atoms. The summed E-state index contributed by atoms with van der Waals surface area (Å²) in [5.74, 6) is 0.548. The van der Waals surface area contributed by atoms with Crippen molar-refractivity contribution in [3.8, 4) is 5.88 Å². The first-order chi connectivity index (χ1) is 14.1. The number of nitrogens with one attached hydrogen (secondary N) is 1. The van der Waals surface area contributed by atoms with E-state index in [0.717, 1.165) is 49.2 Å². The van der Waals surface area contributed by atoms with E-state index >= 15 is 0 Å². The quantitative estimate of drug-likeness (QED) is 0.727. The number of piperazine rings is 1. The Bertz CT molecular complexity index is 982. The Hall–Kier alpha value is -2.92. The highest BCUT2D eigenvalue weighted by molar-refractivity contribution is 5.83. The number of quaternary nitrogens is 1. The molecule has 0 unspecified atom stereocenters. The first-order valence-electron chi connectivity index (χ1n) is 10.3. The summed E-state index contributed by atoms with van der Waals surface area (Å²) in [5.41, 5.74) is 3.33. The number of nitrogens with zero attached hydrogens (tertiary/aromatic N) is 2. The summed E-state index contributed by atoms with van der Waals surface area (Å²) in [7, 11) is 0. The van der Waals surface area contributed by atoms with E-state index in [1.807, 2.05) is 55.1 Å². The van der Waals surface area contributed by atoms with E-state index in [1.165, 1.54) is 10.5 Å². The first kappa shape index (κ1) is 19.4. The lowest BCUT2D eigenvalue weighted by atomic mass is 10.1. The molecule has 29 heavy (non-hydrogen) atoms. The lowest BCUT2D eigenvalue weighted by Crippen LogP contribution is -3.13. The van der Waals surface area contributed by atoms with Gasteiger partial charge in [-0.25, -0.2) is 4.98 Å². The van der Waals surface area contributed by atoms with E-state index in [1.54, 1.807) is 0 Å². The van der Waals surface area contributed by atoms with Crippen LogP contribution in [0.1, 0.15) is 18.1 Å². The molecule has 1 N–H and O–H groups in total. The van der Waals surface area contributed by atoms with Gasteiger partial charge in [-0.15, -0.1) is 0 Å². The zero-order valence-corrected chi connectivity index (χ0v) is 17.1. The summed E-state index contributed by atoms with van der Waals surface area (Å²) in [5, 5.41) is 1.11. The molecule has 0 radical (unpaired) electrons. The minimum atomic E-state index is -0.543. The van der Waals surface area contributed by atoms with Crippen molar-refractivity contribution < 1.29 is 14.4 Å². The fourth-order valence-electron chi connectivity index (χ4n) is 3.97. The van der Waals surface area contributed by atoms with Gasteiger partial charge >= 0.3 is 0 Å². The smallest absolute Gasteiger partial charge is 0.263 e. The number of pyridine rings is 1. The summed E-state index contributed by atoms with van der Waals surface area (Å²) >= 11 is 0. The second kappa shape index (κ2) is 8.62. The highest BCUT2D eigenvalue weighted by atomic mass is 16.5. The molecule has 5 heteroatoms. The van der Waals surface area contributed by atoms with Gasteiger partial charge in [-0.2, -0.15) is 0 Å². The van der Waals surface area contributed by atoms with Crippen LogP contribution in [0.2, 0.25) is 0 Å². The number of para-hydroxylation sites is 1. The van der Waals surface area contributed by atoms with Gasteiger partial charge in [0.05, 0.1) is 31.7 Å². The number of hydrogen-bond donors (Lipinski definition) is 1. The van der Waals surface area contributed by atoms with Crippen LogP contribution in [0.15, 0.2) is 60.7 Å². The Morgan fingerprint density at radius 1 is 1.10 bits per heavy atom. The molecule has 150 valence electrons. The summed E-state index contributed by atoms with van der Waals surface area (Å²) < 4.78 is 5.93. The summed E-state index contributed by atoms with van der Waals surface area (Å²) in [6.07, 6.45) is -0.543. The normalized spacial score (nSPS) is 16.0. The molecule has 1 fully saturated rings. The number of carbonyl (C=O) groups excluding carboxylic acids is 1. The topological polar surface area (TPSA) is 46.9 Å². The van der Waals surface area contributed by atoms with Crippen molar-refractivity contribution in [1.82, 2.24) is 9.88 Å². The minimum absolute atomic E-state index is 0.0383. The average molecular weight is 391 g/mol. The molecule has 1 amide bonds. The maximum Gasteiger partial charge on any atom is 0.263 e. The van der Waals surface area contributed by atoms with Crippen molar-refractivity contribution in [3.05, 3.63) is 71.8 Å². The molecule has 3 aromatic rings. The van der Waals surface area contributed by atoms with Crippen LogP contribution < -0.4 is 9.64 Å². The Labute approximate surface area is 171 Å². The van der Waals surface area contributed by atoms with Crippen LogP contribution in [0.5, 0.6) is 5.88 Å². The Morgan fingerprint density at radius 2 is 1.79 bits per heavy atom. The van der Waals surface area contributed by atoms with Crippen LogP contribution in [0.3, 0.4) is 0 Å². The van der Waals surface area contributed by atoms with Crippen molar-refractivity contribution in [2.45, 2.75) is 26.5 Å². The fraction of sp³-hybridized carbons (Fsp3) is 0.333. The van der Waals surface area contributed by atoms with Crippen molar-refractivity contribution in [3.63, 3.8) is 0 Å². The van der Waals surface area contributed by atoms with Crippen molar-refractivity contribution in [2.75, 3.05) is 26.2 Å². The van der Waals surface area contributed by atoms with Gasteiger partial charge in [-0.1, -0.05) is 48.5 Å². The molecule has 2 aromatic carbocycles. The average Bonchev–Trinajstić information content (AvgIpc) is 2.74. The van der Waals surface area contributed by atoms with Gasteiger partial charge in [0.2, 0.25) is 5.88 Å². The molecule has 0 aliphatic carbocycles.